The highest BCUT2D eigenvalue weighted by Gasteiger charge is 2.48. The van der Waals surface area contributed by atoms with Crippen molar-refractivity contribution in [2.75, 3.05) is 7.11 Å². The number of rotatable bonds is 3. The van der Waals surface area contributed by atoms with Gasteiger partial charge in [-0.15, -0.1) is 11.3 Å². The van der Waals surface area contributed by atoms with Gasteiger partial charge in [0.1, 0.15) is 0 Å². The lowest BCUT2D eigenvalue weighted by atomic mass is 10.1. The first-order chi connectivity index (χ1) is 9.65. The Morgan fingerprint density at radius 1 is 1.29 bits per heavy atom. The van der Waals surface area contributed by atoms with Gasteiger partial charge in [-0.05, 0) is 18.2 Å². The molecule has 0 saturated heterocycles. The minimum absolute atomic E-state index is 0.0673. The van der Waals surface area contributed by atoms with E-state index in [1.165, 1.54) is 18.2 Å². The molecule has 0 bridgehead atoms. The van der Waals surface area contributed by atoms with Crippen molar-refractivity contribution in [3.63, 3.8) is 0 Å². The maximum absolute atomic E-state index is 12.3. The van der Waals surface area contributed by atoms with E-state index in [1.54, 1.807) is 0 Å². The van der Waals surface area contributed by atoms with Crippen LogP contribution in [0.25, 0.3) is 10.1 Å². The maximum atomic E-state index is 12.3. The zero-order valence-electron chi connectivity index (χ0n) is 10.3. The molecule has 1 heterocycles. The van der Waals surface area contributed by atoms with E-state index in [4.69, 9.17) is 0 Å². The minimum atomic E-state index is -5.76. The van der Waals surface area contributed by atoms with Crippen LogP contribution in [0, 0.1) is 0 Å². The summed E-state index contributed by atoms with van der Waals surface area (Å²) in [6.45, 7) is 0. The number of halogens is 3. The van der Waals surface area contributed by atoms with Crippen molar-refractivity contribution in [3.8, 4) is 5.75 Å². The van der Waals surface area contributed by atoms with Crippen LogP contribution in [0.1, 0.15) is 10.4 Å². The molecule has 0 fully saturated rings. The fraction of sp³-hybridized carbons (Fsp3) is 0.182. The van der Waals surface area contributed by atoms with Crippen LogP contribution >= 0.6 is 11.3 Å². The van der Waals surface area contributed by atoms with E-state index in [0.717, 1.165) is 23.8 Å². The second kappa shape index (κ2) is 5.19. The van der Waals surface area contributed by atoms with Crippen LogP contribution in [-0.2, 0) is 14.9 Å². The van der Waals surface area contributed by atoms with E-state index in [2.05, 4.69) is 8.92 Å². The molecule has 21 heavy (non-hydrogen) atoms. The van der Waals surface area contributed by atoms with Gasteiger partial charge in [0.25, 0.3) is 0 Å². The average molecular weight is 340 g/mol. The van der Waals surface area contributed by atoms with Crippen molar-refractivity contribution >= 4 is 37.5 Å². The number of fused-ring (bicyclic) bond motifs is 1. The lowest BCUT2D eigenvalue weighted by Gasteiger charge is -2.08. The SMILES string of the molecule is COC(=O)c1ccc2scc(OS(=O)(=O)C(F)(F)F)c2c1. The predicted molar refractivity (Wildman–Crippen MR) is 68.8 cm³/mol. The predicted octanol–water partition coefficient (Wildman–Crippen LogP) is 2.92. The molecule has 5 nitrogen and oxygen atoms in total. The van der Waals surface area contributed by atoms with Crippen molar-refractivity contribution in [1.82, 2.24) is 0 Å². The largest absolute Gasteiger partial charge is 0.534 e. The molecule has 10 heteroatoms. The molecule has 114 valence electrons. The van der Waals surface area contributed by atoms with E-state index in [-0.39, 0.29) is 10.9 Å². The molecule has 2 aromatic rings. The summed E-state index contributed by atoms with van der Waals surface area (Å²) in [4.78, 5) is 11.4. The Balaban J connectivity index is 2.49. The number of esters is 1. The molecule has 1 aromatic heterocycles. The molecule has 0 radical (unpaired) electrons. The standard InChI is InChI=1S/C11H7F3O5S2/c1-18-10(15)6-2-3-9-7(4-6)8(5-20-9)19-21(16,17)11(12,13)14/h2-5H,1H3. The van der Waals surface area contributed by atoms with Gasteiger partial charge in [-0.1, -0.05) is 0 Å². The van der Waals surface area contributed by atoms with Crippen molar-refractivity contribution in [3.05, 3.63) is 29.1 Å². The number of hydrogen-bond donors (Lipinski definition) is 0. The van der Waals surface area contributed by atoms with Crippen molar-refractivity contribution in [2.24, 2.45) is 0 Å². The number of alkyl halides is 3. The van der Waals surface area contributed by atoms with Crippen LogP contribution in [0.15, 0.2) is 23.6 Å². The van der Waals surface area contributed by atoms with Crippen molar-refractivity contribution < 1.29 is 35.3 Å². The Morgan fingerprint density at radius 3 is 2.52 bits per heavy atom. The summed E-state index contributed by atoms with van der Waals surface area (Å²) in [5.41, 5.74) is -5.46. The van der Waals surface area contributed by atoms with Gasteiger partial charge < -0.3 is 8.92 Å². The maximum Gasteiger partial charge on any atom is 0.534 e. The van der Waals surface area contributed by atoms with Gasteiger partial charge in [0.2, 0.25) is 0 Å². The molecule has 0 N–H and O–H groups in total. The van der Waals surface area contributed by atoms with Gasteiger partial charge in [-0.3, -0.25) is 0 Å². The Hall–Kier alpha value is -1.81. The van der Waals surface area contributed by atoms with Crippen LogP contribution in [0.4, 0.5) is 13.2 Å². The third-order valence-corrected chi connectivity index (χ3v) is 4.35. The number of ether oxygens (including phenoxy) is 1. The lowest BCUT2D eigenvalue weighted by Crippen LogP contribution is -2.27. The topological polar surface area (TPSA) is 69.7 Å². The van der Waals surface area contributed by atoms with Gasteiger partial charge in [-0.25, -0.2) is 4.79 Å². The van der Waals surface area contributed by atoms with Crippen LogP contribution in [-0.4, -0.2) is 27.0 Å². The highest BCUT2D eigenvalue weighted by atomic mass is 32.2. The third-order valence-electron chi connectivity index (χ3n) is 2.44. The smallest absolute Gasteiger partial charge is 0.465 e. The summed E-state index contributed by atoms with van der Waals surface area (Å²) >= 11 is 0.984. The second-order valence-electron chi connectivity index (χ2n) is 3.79. The Bertz CT molecular complexity index is 792. The summed E-state index contributed by atoms with van der Waals surface area (Å²) in [7, 11) is -4.62. The monoisotopic (exact) mass is 340 g/mol. The summed E-state index contributed by atoms with van der Waals surface area (Å²) in [5.74, 6) is -1.19. The highest BCUT2D eigenvalue weighted by molar-refractivity contribution is 7.88. The molecule has 0 saturated carbocycles. The molecule has 0 aliphatic rings. The number of thiophene rings is 1. The van der Waals surface area contributed by atoms with Gasteiger partial charge >= 0.3 is 21.6 Å². The second-order valence-corrected chi connectivity index (χ2v) is 6.23. The van der Waals surface area contributed by atoms with Gasteiger partial charge in [0, 0.05) is 15.5 Å². The zero-order valence-corrected chi connectivity index (χ0v) is 11.9. The molecule has 0 aliphatic heterocycles. The van der Waals surface area contributed by atoms with E-state index in [1.807, 2.05) is 0 Å². The normalized spacial score (nSPS) is 12.4. The molecule has 0 atom stereocenters. The van der Waals surface area contributed by atoms with Gasteiger partial charge in [0.05, 0.1) is 12.7 Å². The molecule has 0 spiro atoms. The van der Waals surface area contributed by atoms with Crippen LogP contribution < -0.4 is 4.18 Å². The Kier molecular flexibility index (Phi) is 3.85. The molecule has 0 aliphatic carbocycles. The quantitative estimate of drug-likeness (QED) is 0.488. The third kappa shape index (κ3) is 2.95. The lowest BCUT2D eigenvalue weighted by molar-refractivity contribution is -0.0499. The van der Waals surface area contributed by atoms with Crippen LogP contribution in [0.5, 0.6) is 5.75 Å². The molecule has 2 rings (SSSR count). The number of carbonyl (C=O) groups excluding carboxylic acids is 1. The van der Waals surface area contributed by atoms with Gasteiger partial charge in [0.15, 0.2) is 5.75 Å². The number of benzene rings is 1. The summed E-state index contributed by atoms with van der Waals surface area (Å²) in [6, 6.07) is 4.07. The Labute approximate surface area is 121 Å². The average Bonchev–Trinajstić information content (AvgIpc) is 2.78. The fourth-order valence-electron chi connectivity index (χ4n) is 1.48. The molecule has 0 unspecified atom stereocenters. The number of carbonyl (C=O) groups is 1. The molecular weight excluding hydrogens is 333 g/mol. The Morgan fingerprint density at radius 2 is 1.95 bits per heavy atom. The first-order valence-corrected chi connectivity index (χ1v) is 7.55. The molecule has 1 aromatic carbocycles. The zero-order chi connectivity index (χ0) is 15.8. The van der Waals surface area contributed by atoms with Crippen LogP contribution in [0.3, 0.4) is 0 Å². The van der Waals surface area contributed by atoms with Crippen molar-refractivity contribution in [2.45, 2.75) is 5.51 Å². The summed E-state index contributed by atoms with van der Waals surface area (Å²) < 4.78 is 68.0. The molecular formula is C11H7F3O5S2. The van der Waals surface area contributed by atoms with E-state index < -0.39 is 27.3 Å². The number of methoxy groups -OCH3 is 1. The first kappa shape index (κ1) is 15.6. The van der Waals surface area contributed by atoms with Gasteiger partial charge in [-0.2, -0.15) is 21.6 Å². The van der Waals surface area contributed by atoms with Crippen LogP contribution in [0.2, 0.25) is 0 Å². The number of hydrogen-bond acceptors (Lipinski definition) is 6. The summed E-state index contributed by atoms with van der Waals surface area (Å²) in [5, 5.41) is 1.20. The highest BCUT2D eigenvalue weighted by Crippen LogP contribution is 2.36. The fourth-order valence-corrected chi connectivity index (χ4v) is 2.85. The van der Waals surface area contributed by atoms with E-state index >= 15 is 0 Å². The van der Waals surface area contributed by atoms with Crippen molar-refractivity contribution in [1.29, 1.82) is 0 Å². The first-order valence-electron chi connectivity index (χ1n) is 5.26. The van der Waals surface area contributed by atoms with E-state index in [0.29, 0.717) is 4.70 Å². The minimum Gasteiger partial charge on any atom is -0.465 e. The molecule has 0 amide bonds. The summed E-state index contributed by atoms with van der Waals surface area (Å²) in [6.07, 6.45) is 0. The van der Waals surface area contributed by atoms with E-state index in [9.17, 15) is 26.4 Å².